The fraction of sp³-hybridized carbons (Fsp3) is 1.00. The van der Waals surface area contributed by atoms with E-state index in [1.807, 2.05) is 0 Å². The number of sulfone groups is 1. The van der Waals surface area contributed by atoms with Gasteiger partial charge in [0.05, 0.1) is 6.10 Å². The third kappa shape index (κ3) is 1.92. The number of aliphatic hydroxyl groups excluding tert-OH is 1. The molecule has 1 N–H and O–H groups in total. The van der Waals surface area contributed by atoms with Gasteiger partial charge in [-0.05, 0) is 13.3 Å². The number of alkyl halides is 1. The van der Waals surface area contributed by atoms with Gasteiger partial charge in [-0.1, -0.05) is 25.4 Å². The van der Waals surface area contributed by atoms with Crippen molar-refractivity contribution in [1.82, 2.24) is 0 Å². The Balaban J connectivity index is 5.02. The Bertz CT molecular complexity index is 235. The topological polar surface area (TPSA) is 54.4 Å². The summed E-state index contributed by atoms with van der Waals surface area (Å²) in [6.45, 7) is 4.56. The monoisotopic (exact) mass is 214 g/mol. The third-order valence-electron chi connectivity index (χ3n) is 2.00. The molecule has 0 aromatic heterocycles. The van der Waals surface area contributed by atoms with Gasteiger partial charge in [-0.25, -0.2) is 8.42 Å². The molecule has 0 unspecified atom stereocenters. The standard InChI is InChI=1S/C7H15ClO3S/c1-4-7(8,6(3)9)12(10,11)5-2/h6,9H,4-5H2,1-3H3/t6-,7+/m0/s1. The molecule has 0 aliphatic heterocycles. The highest BCUT2D eigenvalue weighted by Crippen LogP contribution is 2.31. The minimum atomic E-state index is -3.39. The van der Waals surface area contributed by atoms with E-state index in [-0.39, 0.29) is 12.2 Å². The van der Waals surface area contributed by atoms with Crippen molar-refractivity contribution in [2.24, 2.45) is 0 Å². The van der Waals surface area contributed by atoms with Crippen molar-refractivity contribution in [2.45, 2.75) is 37.5 Å². The van der Waals surface area contributed by atoms with Crippen molar-refractivity contribution >= 4 is 21.4 Å². The first-order valence-corrected chi connectivity index (χ1v) is 5.94. The lowest BCUT2D eigenvalue weighted by atomic mass is 10.2. The molecule has 0 heterocycles. The van der Waals surface area contributed by atoms with Crippen molar-refractivity contribution in [3.63, 3.8) is 0 Å². The first kappa shape index (κ1) is 12.2. The van der Waals surface area contributed by atoms with E-state index >= 15 is 0 Å². The third-order valence-corrected chi connectivity index (χ3v) is 5.72. The van der Waals surface area contributed by atoms with Crippen LogP contribution in [0, 0.1) is 0 Å². The molecule has 0 saturated heterocycles. The van der Waals surface area contributed by atoms with Crippen LogP contribution in [0.25, 0.3) is 0 Å². The summed E-state index contributed by atoms with van der Waals surface area (Å²) >= 11 is 5.81. The van der Waals surface area contributed by atoms with Gasteiger partial charge in [-0.15, -0.1) is 0 Å². The summed E-state index contributed by atoms with van der Waals surface area (Å²) in [5.41, 5.74) is 0. The summed E-state index contributed by atoms with van der Waals surface area (Å²) in [5.74, 6) is -0.0464. The van der Waals surface area contributed by atoms with Crippen LogP contribution in [0.2, 0.25) is 0 Å². The molecule has 0 spiro atoms. The Hall–Kier alpha value is 0.200. The number of halogens is 1. The molecule has 0 aliphatic carbocycles. The molecule has 0 aromatic rings. The normalized spacial score (nSPS) is 20.1. The van der Waals surface area contributed by atoms with E-state index in [9.17, 15) is 13.5 Å². The Labute approximate surface area is 78.7 Å². The summed E-state index contributed by atoms with van der Waals surface area (Å²) in [6.07, 6.45) is -0.836. The molecule has 0 bridgehead atoms. The number of hydrogen-bond donors (Lipinski definition) is 1. The van der Waals surface area contributed by atoms with Crippen molar-refractivity contribution in [3.05, 3.63) is 0 Å². The van der Waals surface area contributed by atoms with Crippen molar-refractivity contribution in [2.75, 3.05) is 5.75 Å². The van der Waals surface area contributed by atoms with Crippen LogP contribution in [0.4, 0.5) is 0 Å². The lowest BCUT2D eigenvalue weighted by Crippen LogP contribution is -2.43. The van der Waals surface area contributed by atoms with Crippen molar-refractivity contribution in [1.29, 1.82) is 0 Å². The predicted octanol–water partition coefficient (Wildman–Crippen LogP) is 1.15. The van der Waals surface area contributed by atoms with Crippen LogP contribution in [0.5, 0.6) is 0 Å². The van der Waals surface area contributed by atoms with Gasteiger partial charge in [-0.3, -0.25) is 0 Å². The molecule has 0 rings (SSSR count). The molecule has 0 aromatic carbocycles. The lowest BCUT2D eigenvalue weighted by molar-refractivity contribution is 0.171. The van der Waals surface area contributed by atoms with Crippen LogP contribution < -0.4 is 0 Å². The van der Waals surface area contributed by atoms with Crippen LogP contribution in [-0.2, 0) is 9.84 Å². The minimum Gasteiger partial charge on any atom is -0.390 e. The van der Waals surface area contributed by atoms with E-state index in [0.717, 1.165) is 0 Å². The summed E-state index contributed by atoms with van der Waals surface area (Å²) in [4.78, 5) is 0. The summed E-state index contributed by atoms with van der Waals surface area (Å²) in [7, 11) is -3.39. The fourth-order valence-electron chi connectivity index (χ4n) is 1.02. The molecule has 0 amide bonds. The van der Waals surface area contributed by atoms with E-state index in [1.165, 1.54) is 13.8 Å². The SMILES string of the molecule is CC[C@](Cl)([C@H](C)O)S(=O)(=O)CC. The van der Waals surface area contributed by atoms with E-state index < -0.39 is 20.1 Å². The highest BCUT2D eigenvalue weighted by atomic mass is 35.5. The number of aliphatic hydroxyl groups is 1. The molecule has 2 atom stereocenters. The second-order valence-corrected chi connectivity index (χ2v) is 6.15. The second-order valence-electron chi connectivity index (χ2n) is 2.72. The molecule has 3 nitrogen and oxygen atoms in total. The number of hydrogen-bond acceptors (Lipinski definition) is 3. The van der Waals surface area contributed by atoms with Crippen LogP contribution in [0.15, 0.2) is 0 Å². The van der Waals surface area contributed by atoms with Gasteiger partial charge in [0.1, 0.15) is 0 Å². The summed E-state index contributed by atoms with van der Waals surface area (Å²) in [6, 6.07) is 0. The fourth-order valence-corrected chi connectivity index (χ4v) is 2.78. The average molecular weight is 215 g/mol. The molecule has 12 heavy (non-hydrogen) atoms. The van der Waals surface area contributed by atoms with E-state index in [1.54, 1.807) is 6.92 Å². The van der Waals surface area contributed by atoms with Crippen molar-refractivity contribution in [3.8, 4) is 0 Å². The van der Waals surface area contributed by atoms with Gasteiger partial charge in [-0.2, -0.15) is 0 Å². The second kappa shape index (κ2) is 3.94. The maximum atomic E-state index is 11.4. The smallest absolute Gasteiger partial charge is 0.172 e. The Morgan fingerprint density at radius 3 is 2.00 bits per heavy atom. The van der Waals surface area contributed by atoms with E-state index in [0.29, 0.717) is 0 Å². The number of rotatable bonds is 4. The quantitative estimate of drug-likeness (QED) is 0.715. The highest BCUT2D eigenvalue weighted by Gasteiger charge is 2.43. The van der Waals surface area contributed by atoms with Gasteiger partial charge < -0.3 is 5.11 Å². The zero-order valence-corrected chi connectivity index (χ0v) is 9.11. The molecule has 0 saturated carbocycles. The Morgan fingerprint density at radius 2 is 1.92 bits per heavy atom. The molecular formula is C7H15ClO3S. The largest absolute Gasteiger partial charge is 0.390 e. The maximum Gasteiger partial charge on any atom is 0.172 e. The first-order chi connectivity index (χ1) is 5.31. The van der Waals surface area contributed by atoms with E-state index in [4.69, 9.17) is 11.6 Å². The zero-order chi connectivity index (χ0) is 9.99. The average Bonchev–Trinajstić information content (AvgIpc) is 2.02. The molecule has 74 valence electrons. The molecule has 0 aliphatic rings. The lowest BCUT2D eigenvalue weighted by Gasteiger charge is -2.27. The Kier molecular flexibility index (Phi) is 4.00. The Morgan fingerprint density at radius 1 is 1.50 bits per heavy atom. The summed E-state index contributed by atoms with van der Waals surface area (Å²) in [5, 5.41) is 9.23. The molecular weight excluding hydrogens is 200 g/mol. The minimum absolute atomic E-state index is 0.0464. The molecule has 0 radical (unpaired) electrons. The van der Waals surface area contributed by atoms with Crippen molar-refractivity contribution < 1.29 is 13.5 Å². The van der Waals surface area contributed by atoms with Gasteiger partial charge in [0.2, 0.25) is 0 Å². The van der Waals surface area contributed by atoms with Gasteiger partial charge in [0.15, 0.2) is 14.0 Å². The van der Waals surface area contributed by atoms with Crippen LogP contribution in [0.3, 0.4) is 0 Å². The zero-order valence-electron chi connectivity index (χ0n) is 7.54. The van der Waals surface area contributed by atoms with Gasteiger partial charge in [0, 0.05) is 5.75 Å². The summed E-state index contributed by atoms with van der Waals surface area (Å²) < 4.78 is 21.3. The highest BCUT2D eigenvalue weighted by molar-refractivity contribution is 7.94. The van der Waals surface area contributed by atoms with Crippen LogP contribution in [-0.4, -0.2) is 29.6 Å². The van der Waals surface area contributed by atoms with Crippen LogP contribution in [0.1, 0.15) is 27.2 Å². The molecule has 0 fully saturated rings. The van der Waals surface area contributed by atoms with E-state index in [2.05, 4.69) is 0 Å². The predicted molar refractivity (Wildman–Crippen MR) is 50.0 cm³/mol. The molecule has 5 heteroatoms. The first-order valence-electron chi connectivity index (χ1n) is 3.91. The van der Waals surface area contributed by atoms with Gasteiger partial charge in [0.25, 0.3) is 0 Å². The maximum absolute atomic E-state index is 11.4. The van der Waals surface area contributed by atoms with Crippen LogP contribution >= 0.6 is 11.6 Å². The van der Waals surface area contributed by atoms with Gasteiger partial charge >= 0.3 is 0 Å².